The average molecular weight is 279 g/mol. The molecule has 0 aromatic heterocycles. The van der Waals surface area contributed by atoms with Gasteiger partial charge in [-0.05, 0) is 44.9 Å². The molecule has 0 spiro atoms. The first-order valence-corrected chi connectivity index (χ1v) is 6.46. The topological polar surface area (TPSA) is 64.6 Å². The Morgan fingerprint density at radius 3 is 2.55 bits per heavy atom. The van der Waals surface area contributed by atoms with E-state index in [1.165, 1.54) is 7.11 Å². The number of nitrogens with one attached hydrogen (secondary N) is 1. The Hall–Kier alpha value is -2.04. The van der Waals surface area contributed by atoms with Crippen LogP contribution in [-0.4, -0.2) is 24.8 Å². The second-order valence-electron chi connectivity index (χ2n) is 5.40. The van der Waals surface area contributed by atoms with Crippen LogP contribution in [0.3, 0.4) is 0 Å². The number of benzene rings is 1. The Morgan fingerprint density at radius 2 is 1.95 bits per heavy atom. The SMILES string of the molecule is COC(=O)CCc1cccc(NC(=O)OC(C)(C)C)c1. The molecular weight excluding hydrogens is 258 g/mol. The summed E-state index contributed by atoms with van der Waals surface area (Å²) in [5.41, 5.74) is 1.05. The first-order valence-electron chi connectivity index (χ1n) is 6.46. The fourth-order valence-corrected chi connectivity index (χ4v) is 1.57. The number of carbonyl (C=O) groups excluding carboxylic acids is 2. The first-order chi connectivity index (χ1) is 9.30. The van der Waals surface area contributed by atoms with E-state index in [1.54, 1.807) is 26.8 Å². The number of amides is 1. The van der Waals surface area contributed by atoms with E-state index in [2.05, 4.69) is 10.1 Å². The number of ether oxygens (including phenoxy) is 2. The molecule has 0 saturated heterocycles. The van der Waals surface area contributed by atoms with E-state index in [0.29, 0.717) is 18.5 Å². The number of esters is 1. The van der Waals surface area contributed by atoms with Gasteiger partial charge in [0.15, 0.2) is 0 Å². The van der Waals surface area contributed by atoms with Crippen molar-refractivity contribution in [2.75, 3.05) is 12.4 Å². The highest BCUT2D eigenvalue weighted by atomic mass is 16.6. The van der Waals surface area contributed by atoms with Gasteiger partial charge in [0, 0.05) is 12.1 Å². The van der Waals surface area contributed by atoms with Gasteiger partial charge in [0.25, 0.3) is 0 Å². The number of hydrogen-bond acceptors (Lipinski definition) is 4. The van der Waals surface area contributed by atoms with Crippen LogP contribution in [0.4, 0.5) is 10.5 Å². The van der Waals surface area contributed by atoms with Crippen molar-refractivity contribution in [3.8, 4) is 0 Å². The lowest BCUT2D eigenvalue weighted by atomic mass is 10.1. The summed E-state index contributed by atoms with van der Waals surface area (Å²) in [6, 6.07) is 7.29. The van der Waals surface area contributed by atoms with Gasteiger partial charge in [-0.1, -0.05) is 12.1 Å². The van der Waals surface area contributed by atoms with Crippen LogP contribution in [0.15, 0.2) is 24.3 Å². The monoisotopic (exact) mass is 279 g/mol. The van der Waals surface area contributed by atoms with Gasteiger partial charge in [-0.2, -0.15) is 0 Å². The second-order valence-corrected chi connectivity index (χ2v) is 5.40. The van der Waals surface area contributed by atoms with Gasteiger partial charge in [-0.3, -0.25) is 10.1 Å². The minimum absolute atomic E-state index is 0.254. The van der Waals surface area contributed by atoms with E-state index >= 15 is 0 Å². The lowest BCUT2D eigenvalue weighted by Crippen LogP contribution is -2.27. The van der Waals surface area contributed by atoms with Crippen molar-refractivity contribution in [1.82, 2.24) is 0 Å². The highest BCUT2D eigenvalue weighted by Crippen LogP contribution is 2.14. The van der Waals surface area contributed by atoms with Gasteiger partial charge in [0.05, 0.1) is 7.11 Å². The number of methoxy groups -OCH3 is 1. The number of anilines is 1. The Morgan fingerprint density at radius 1 is 1.25 bits per heavy atom. The molecule has 0 saturated carbocycles. The third-order valence-electron chi connectivity index (χ3n) is 2.42. The standard InChI is InChI=1S/C15H21NO4/c1-15(2,3)20-14(18)16-12-7-5-6-11(10-12)8-9-13(17)19-4/h5-7,10H,8-9H2,1-4H3,(H,16,18). The molecule has 20 heavy (non-hydrogen) atoms. The van der Waals surface area contributed by atoms with E-state index in [9.17, 15) is 9.59 Å². The van der Waals surface area contributed by atoms with Gasteiger partial charge >= 0.3 is 12.1 Å². The minimum Gasteiger partial charge on any atom is -0.469 e. The van der Waals surface area contributed by atoms with Crippen LogP contribution in [0, 0.1) is 0 Å². The number of carbonyl (C=O) groups is 2. The summed E-state index contributed by atoms with van der Waals surface area (Å²) in [6.45, 7) is 5.41. The Kier molecular flexibility index (Phi) is 5.55. The van der Waals surface area contributed by atoms with Crippen LogP contribution in [-0.2, 0) is 20.7 Å². The van der Waals surface area contributed by atoms with Crippen molar-refractivity contribution in [1.29, 1.82) is 0 Å². The van der Waals surface area contributed by atoms with Crippen molar-refractivity contribution in [3.05, 3.63) is 29.8 Å². The van der Waals surface area contributed by atoms with Gasteiger partial charge in [0.2, 0.25) is 0 Å². The Bertz CT molecular complexity index is 477. The van der Waals surface area contributed by atoms with Crippen molar-refractivity contribution >= 4 is 17.7 Å². The van der Waals surface area contributed by atoms with E-state index in [0.717, 1.165) is 5.56 Å². The zero-order valence-corrected chi connectivity index (χ0v) is 12.4. The van der Waals surface area contributed by atoms with Crippen molar-refractivity contribution in [3.63, 3.8) is 0 Å². The van der Waals surface area contributed by atoms with Crippen molar-refractivity contribution < 1.29 is 19.1 Å². The molecule has 1 rings (SSSR count). The van der Waals surface area contributed by atoms with Crippen LogP contribution in [0.1, 0.15) is 32.8 Å². The average Bonchev–Trinajstić information content (AvgIpc) is 2.34. The molecule has 0 aliphatic heterocycles. The number of rotatable bonds is 4. The molecule has 5 heteroatoms. The summed E-state index contributed by atoms with van der Waals surface area (Å²) in [4.78, 5) is 22.7. The summed E-state index contributed by atoms with van der Waals surface area (Å²) in [5.74, 6) is -0.254. The molecule has 1 aromatic carbocycles. The maximum absolute atomic E-state index is 11.6. The van der Waals surface area contributed by atoms with Gasteiger partial charge < -0.3 is 9.47 Å². The normalized spacial score (nSPS) is 10.8. The summed E-state index contributed by atoms with van der Waals surface area (Å²) >= 11 is 0. The maximum atomic E-state index is 11.6. The molecule has 0 unspecified atom stereocenters. The molecule has 0 aliphatic carbocycles. The van der Waals surface area contributed by atoms with E-state index in [1.807, 2.05) is 18.2 Å². The first kappa shape index (κ1) is 16.0. The Balaban J connectivity index is 2.59. The molecule has 0 fully saturated rings. The van der Waals surface area contributed by atoms with Crippen LogP contribution in [0.25, 0.3) is 0 Å². The zero-order chi connectivity index (χ0) is 15.2. The smallest absolute Gasteiger partial charge is 0.412 e. The molecule has 0 radical (unpaired) electrons. The third-order valence-corrected chi connectivity index (χ3v) is 2.42. The predicted octanol–water partition coefficient (Wildman–Crippen LogP) is 3.14. The van der Waals surface area contributed by atoms with Crippen LogP contribution in [0.5, 0.6) is 0 Å². The molecule has 5 nitrogen and oxygen atoms in total. The van der Waals surface area contributed by atoms with Gasteiger partial charge in [-0.25, -0.2) is 4.79 Å². The van der Waals surface area contributed by atoms with Crippen LogP contribution < -0.4 is 5.32 Å². The molecule has 0 aliphatic rings. The van der Waals surface area contributed by atoms with Crippen LogP contribution in [0.2, 0.25) is 0 Å². The minimum atomic E-state index is -0.535. The van der Waals surface area contributed by atoms with Crippen LogP contribution >= 0.6 is 0 Å². The molecule has 0 atom stereocenters. The highest BCUT2D eigenvalue weighted by Gasteiger charge is 2.16. The Labute approximate surface area is 119 Å². The summed E-state index contributed by atoms with van der Waals surface area (Å²) in [7, 11) is 1.36. The lowest BCUT2D eigenvalue weighted by molar-refractivity contribution is -0.140. The fraction of sp³-hybridized carbons (Fsp3) is 0.467. The zero-order valence-electron chi connectivity index (χ0n) is 12.4. The molecule has 0 heterocycles. The van der Waals surface area contributed by atoms with Crippen molar-refractivity contribution in [2.45, 2.75) is 39.2 Å². The van der Waals surface area contributed by atoms with E-state index in [4.69, 9.17) is 4.74 Å². The quantitative estimate of drug-likeness (QED) is 0.860. The third kappa shape index (κ3) is 6.22. The summed E-state index contributed by atoms with van der Waals surface area (Å²) < 4.78 is 9.77. The van der Waals surface area contributed by atoms with Gasteiger partial charge in [-0.15, -0.1) is 0 Å². The highest BCUT2D eigenvalue weighted by molar-refractivity contribution is 5.85. The van der Waals surface area contributed by atoms with E-state index < -0.39 is 11.7 Å². The predicted molar refractivity (Wildman–Crippen MR) is 76.6 cm³/mol. The maximum Gasteiger partial charge on any atom is 0.412 e. The van der Waals surface area contributed by atoms with Gasteiger partial charge in [0.1, 0.15) is 5.60 Å². The molecule has 0 bridgehead atoms. The molecule has 1 amide bonds. The van der Waals surface area contributed by atoms with Crippen molar-refractivity contribution in [2.24, 2.45) is 0 Å². The number of aryl methyl sites for hydroxylation is 1. The second kappa shape index (κ2) is 6.93. The molecule has 1 aromatic rings. The summed E-state index contributed by atoms with van der Waals surface area (Å²) in [5, 5.41) is 2.66. The number of hydrogen-bond donors (Lipinski definition) is 1. The van der Waals surface area contributed by atoms with E-state index in [-0.39, 0.29) is 5.97 Å². The summed E-state index contributed by atoms with van der Waals surface area (Å²) in [6.07, 6.45) is 0.380. The lowest BCUT2D eigenvalue weighted by Gasteiger charge is -2.19. The fourth-order valence-electron chi connectivity index (χ4n) is 1.57. The molecule has 110 valence electrons. The molecule has 1 N–H and O–H groups in total. The molecular formula is C15H21NO4. The largest absolute Gasteiger partial charge is 0.469 e.